The van der Waals surface area contributed by atoms with Gasteiger partial charge in [0.05, 0.1) is 25.8 Å². The van der Waals surface area contributed by atoms with E-state index in [9.17, 15) is 14.7 Å². The first-order chi connectivity index (χ1) is 17.0. The van der Waals surface area contributed by atoms with Crippen LogP contribution in [-0.4, -0.2) is 47.7 Å². The average Bonchev–Trinajstić information content (AvgIpc) is 3.46. The lowest BCUT2D eigenvalue weighted by Crippen LogP contribution is -2.29. The number of hydrogen-bond donors (Lipinski definition) is 1. The number of aromatic nitrogens is 1. The Hall–Kier alpha value is -4.53. The molecule has 0 bridgehead atoms. The highest BCUT2D eigenvalue weighted by atomic mass is 16.7. The highest BCUT2D eigenvalue weighted by Crippen LogP contribution is 2.43. The number of rotatable bonds is 6. The SMILES string of the molecule is COc1ccc(C2C(=C(O)c3ccc4c(c3)OCO4)C(=O)C(=O)N2Cc2cccnc2)cc1OC. The Morgan fingerprint density at radius 2 is 1.86 bits per heavy atom. The fourth-order valence-electron chi connectivity index (χ4n) is 4.30. The Labute approximate surface area is 201 Å². The Morgan fingerprint density at radius 3 is 2.60 bits per heavy atom. The number of benzene rings is 2. The number of aliphatic hydroxyl groups is 1. The van der Waals surface area contributed by atoms with Gasteiger partial charge in [0.2, 0.25) is 6.79 Å². The molecule has 1 fully saturated rings. The standard InChI is InChI=1S/C26H22N2O7/c1-32-18-7-5-16(10-20(18)33-2)23-22(24(29)17-6-8-19-21(11-17)35-14-34-19)25(30)26(31)28(23)13-15-4-3-9-27-12-15/h3-12,23,29H,13-14H2,1-2H3. The van der Waals surface area contributed by atoms with Crippen LogP contribution in [0.1, 0.15) is 22.7 Å². The van der Waals surface area contributed by atoms with Gasteiger partial charge in [-0.1, -0.05) is 12.1 Å². The Bertz CT molecular complexity index is 1340. The summed E-state index contributed by atoms with van der Waals surface area (Å²) in [5.74, 6) is 0.0856. The summed E-state index contributed by atoms with van der Waals surface area (Å²) in [6.45, 7) is 0.191. The summed E-state index contributed by atoms with van der Waals surface area (Å²) in [6, 6.07) is 12.7. The molecule has 35 heavy (non-hydrogen) atoms. The number of methoxy groups -OCH3 is 2. The van der Waals surface area contributed by atoms with Crippen LogP contribution in [0, 0.1) is 0 Å². The van der Waals surface area contributed by atoms with E-state index in [1.54, 1.807) is 54.9 Å². The Morgan fingerprint density at radius 1 is 1.06 bits per heavy atom. The molecule has 1 aromatic heterocycles. The van der Waals surface area contributed by atoms with Crippen molar-refractivity contribution in [1.82, 2.24) is 9.88 Å². The maximum absolute atomic E-state index is 13.3. The first-order valence-electron chi connectivity index (χ1n) is 10.8. The zero-order chi connectivity index (χ0) is 24.5. The first kappa shape index (κ1) is 22.3. The molecule has 2 aliphatic heterocycles. The van der Waals surface area contributed by atoms with Crippen molar-refractivity contribution in [3.8, 4) is 23.0 Å². The second kappa shape index (κ2) is 9.02. The number of aliphatic hydroxyl groups excluding tert-OH is 1. The quantitative estimate of drug-likeness (QED) is 0.329. The summed E-state index contributed by atoms with van der Waals surface area (Å²) in [5, 5.41) is 11.3. The van der Waals surface area contributed by atoms with Gasteiger partial charge >= 0.3 is 0 Å². The molecule has 1 unspecified atom stereocenters. The lowest BCUT2D eigenvalue weighted by molar-refractivity contribution is -0.140. The summed E-state index contributed by atoms with van der Waals surface area (Å²) in [6.07, 6.45) is 3.26. The number of pyridine rings is 1. The van der Waals surface area contributed by atoms with Gasteiger partial charge in [-0.15, -0.1) is 0 Å². The minimum Gasteiger partial charge on any atom is -0.507 e. The van der Waals surface area contributed by atoms with E-state index in [2.05, 4.69) is 4.98 Å². The molecule has 0 aliphatic carbocycles. The van der Waals surface area contributed by atoms with Gasteiger partial charge in [0.15, 0.2) is 23.0 Å². The van der Waals surface area contributed by atoms with Crippen LogP contribution in [0.2, 0.25) is 0 Å². The van der Waals surface area contributed by atoms with Crippen molar-refractivity contribution in [1.29, 1.82) is 0 Å². The van der Waals surface area contributed by atoms with Crippen molar-refractivity contribution in [3.05, 3.63) is 83.2 Å². The van der Waals surface area contributed by atoms with Crippen LogP contribution in [0.3, 0.4) is 0 Å². The number of amides is 1. The van der Waals surface area contributed by atoms with Crippen LogP contribution in [0.15, 0.2) is 66.5 Å². The molecule has 2 aliphatic rings. The van der Waals surface area contributed by atoms with Crippen LogP contribution in [0.4, 0.5) is 0 Å². The van der Waals surface area contributed by atoms with Gasteiger partial charge in [-0.3, -0.25) is 14.6 Å². The van der Waals surface area contributed by atoms with Gasteiger partial charge < -0.3 is 29.0 Å². The predicted octanol–water partition coefficient (Wildman–Crippen LogP) is 3.45. The predicted molar refractivity (Wildman–Crippen MR) is 124 cm³/mol. The lowest BCUT2D eigenvalue weighted by atomic mass is 9.94. The number of hydrogen-bond acceptors (Lipinski definition) is 8. The minimum atomic E-state index is -0.875. The van der Waals surface area contributed by atoms with Crippen LogP contribution >= 0.6 is 0 Å². The van der Waals surface area contributed by atoms with Gasteiger partial charge in [-0.05, 0) is 47.5 Å². The van der Waals surface area contributed by atoms with Crippen molar-refractivity contribution >= 4 is 17.4 Å². The Kier molecular flexibility index (Phi) is 5.74. The molecule has 3 heterocycles. The Balaban J connectivity index is 1.66. The first-order valence-corrected chi connectivity index (χ1v) is 10.8. The highest BCUT2D eigenvalue weighted by molar-refractivity contribution is 6.46. The highest BCUT2D eigenvalue weighted by Gasteiger charge is 2.46. The van der Waals surface area contributed by atoms with Gasteiger partial charge in [0.1, 0.15) is 5.76 Å². The number of nitrogens with zero attached hydrogens (tertiary/aromatic N) is 2. The van der Waals surface area contributed by atoms with E-state index in [0.717, 1.165) is 5.56 Å². The molecule has 1 N–H and O–H groups in total. The number of carbonyl (C=O) groups is 2. The lowest BCUT2D eigenvalue weighted by Gasteiger charge is -2.26. The normalized spacial score (nSPS) is 18.1. The topological polar surface area (TPSA) is 107 Å². The van der Waals surface area contributed by atoms with E-state index < -0.39 is 17.7 Å². The molecule has 1 saturated heterocycles. The molecule has 9 heteroatoms. The minimum absolute atomic E-state index is 0.0371. The maximum Gasteiger partial charge on any atom is 0.295 e. The van der Waals surface area contributed by atoms with Gasteiger partial charge in [0.25, 0.3) is 11.7 Å². The third kappa shape index (κ3) is 3.90. The summed E-state index contributed by atoms with van der Waals surface area (Å²) in [7, 11) is 3.02. The van der Waals surface area contributed by atoms with Crippen molar-refractivity contribution in [2.45, 2.75) is 12.6 Å². The molecule has 1 amide bonds. The molecule has 2 aromatic carbocycles. The van der Waals surface area contributed by atoms with Gasteiger partial charge in [0, 0.05) is 24.5 Å². The van der Waals surface area contributed by atoms with E-state index in [4.69, 9.17) is 18.9 Å². The fraction of sp³-hybridized carbons (Fsp3) is 0.192. The van der Waals surface area contributed by atoms with E-state index >= 15 is 0 Å². The molecular weight excluding hydrogens is 452 g/mol. The fourth-order valence-corrected chi connectivity index (χ4v) is 4.30. The number of fused-ring (bicyclic) bond motifs is 1. The summed E-state index contributed by atoms with van der Waals surface area (Å²) >= 11 is 0. The zero-order valence-corrected chi connectivity index (χ0v) is 19.1. The van der Waals surface area contributed by atoms with Crippen LogP contribution in [0.25, 0.3) is 5.76 Å². The van der Waals surface area contributed by atoms with E-state index in [1.165, 1.54) is 19.1 Å². The second-order valence-corrected chi connectivity index (χ2v) is 7.97. The van der Waals surface area contributed by atoms with Crippen LogP contribution in [0.5, 0.6) is 23.0 Å². The van der Waals surface area contributed by atoms with Crippen molar-refractivity contribution in [2.24, 2.45) is 0 Å². The molecule has 1 atom stereocenters. The molecule has 0 spiro atoms. The molecule has 0 saturated carbocycles. The van der Waals surface area contributed by atoms with Crippen molar-refractivity contribution < 1.29 is 33.6 Å². The molecule has 178 valence electrons. The largest absolute Gasteiger partial charge is 0.507 e. The van der Waals surface area contributed by atoms with Gasteiger partial charge in [-0.25, -0.2) is 0 Å². The molecular formula is C26H22N2O7. The van der Waals surface area contributed by atoms with E-state index in [0.29, 0.717) is 34.1 Å². The average molecular weight is 474 g/mol. The maximum atomic E-state index is 13.3. The molecule has 3 aromatic rings. The van der Waals surface area contributed by atoms with Crippen LogP contribution in [-0.2, 0) is 16.1 Å². The van der Waals surface area contributed by atoms with Crippen molar-refractivity contribution in [3.63, 3.8) is 0 Å². The smallest absolute Gasteiger partial charge is 0.295 e. The van der Waals surface area contributed by atoms with Gasteiger partial charge in [-0.2, -0.15) is 0 Å². The second-order valence-electron chi connectivity index (χ2n) is 7.97. The third-order valence-electron chi connectivity index (χ3n) is 5.99. The monoisotopic (exact) mass is 474 g/mol. The number of ether oxygens (including phenoxy) is 4. The number of likely N-dealkylation sites (tertiary alicyclic amines) is 1. The van der Waals surface area contributed by atoms with Crippen molar-refractivity contribution in [2.75, 3.05) is 21.0 Å². The van der Waals surface area contributed by atoms with Crippen LogP contribution < -0.4 is 18.9 Å². The molecule has 0 radical (unpaired) electrons. The summed E-state index contributed by atoms with van der Waals surface area (Å²) < 4.78 is 21.5. The number of ketones is 1. The third-order valence-corrected chi connectivity index (χ3v) is 5.99. The summed E-state index contributed by atoms with van der Waals surface area (Å²) in [5.41, 5.74) is 1.61. The van der Waals surface area contributed by atoms with E-state index in [-0.39, 0.29) is 24.7 Å². The zero-order valence-electron chi connectivity index (χ0n) is 19.1. The number of Topliss-reactive ketones (excluding diaryl/α,β-unsaturated/α-hetero) is 1. The summed E-state index contributed by atoms with van der Waals surface area (Å²) in [4.78, 5) is 32.0. The number of carbonyl (C=O) groups excluding carboxylic acids is 2. The molecule has 9 nitrogen and oxygen atoms in total. The van der Waals surface area contributed by atoms with E-state index in [1.807, 2.05) is 6.07 Å². The molecule has 5 rings (SSSR count).